The minimum atomic E-state index is -4.50. The molecule has 7 heteroatoms. The predicted molar refractivity (Wildman–Crippen MR) is 70.0 cm³/mol. The number of phenols is 1. The minimum absolute atomic E-state index is 0.129. The monoisotopic (exact) mass is 296 g/mol. The zero-order chi connectivity index (χ0) is 15.6. The van der Waals surface area contributed by atoms with Gasteiger partial charge < -0.3 is 10.4 Å². The molecule has 1 amide bonds. The van der Waals surface area contributed by atoms with Crippen LogP contribution in [0.15, 0.2) is 36.5 Å². The van der Waals surface area contributed by atoms with Gasteiger partial charge in [-0.2, -0.15) is 13.2 Å². The quantitative estimate of drug-likeness (QED) is 0.835. The highest BCUT2D eigenvalue weighted by atomic mass is 19.4. The summed E-state index contributed by atoms with van der Waals surface area (Å²) in [6.45, 7) is 1.77. The molecule has 0 radical (unpaired) electrons. The van der Waals surface area contributed by atoms with Crippen molar-refractivity contribution in [3.05, 3.63) is 53.3 Å². The van der Waals surface area contributed by atoms with Gasteiger partial charge in [0.25, 0.3) is 5.91 Å². The van der Waals surface area contributed by atoms with Gasteiger partial charge in [-0.1, -0.05) is 6.07 Å². The first-order valence-electron chi connectivity index (χ1n) is 5.91. The zero-order valence-electron chi connectivity index (χ0n) is 10.9. The van der Waals surface area contributed by atoms with Crippen molar-refractivity contribution in [2.45, 2.75) is 13.1 Å². The number of carbonyl (C=O) groups is 1. The summed E-state index contributed by atoms with van der Waals surface area (Å²) in [7, 11) is 0. The molecule has 4 nitrogen and oxygen atoms in total. The highest BCUT2D eigenvalue weighted by Crippen LogP contribution is 2.28. The van der Waals surface area contributed by atoms with Crippen LogP contribution < -0.4 is 5.32 Å². The van der Waals surface area contributed by atoms with Gasteiger partial charge in [0.1, 0.15) is 11.4 Å². The van der Waals surface area contributed by atoms with E-state index in [1.807, 2.05) is 0 Å². The van der Waals surface area contributed by atoms with Crippen LogP contribution in [-0.2, 0) is 6.18 Å². The fraction of sp³-hybridized carbons (Fsp3) is 0.143. The van der Waals surface area contributed by atoms with Gasteiger partial charge in [-0.15, -0.1) is 0 Å². The number of hydrogen-bond donors (Lipinski definition) is 2. The second-order valence-electron chi connectivity index (χ2n) is 4.40. The molecule has 0 fully saturated rings. The zero-order valence-corrected chi connectivity index (χ0v) is 10.9. The Hall–Kier alpha value is -2.57. The van der Waals surface area contributed by atoms with Crippen LogP contribution in [0.4, 0.5) is 18.9 Å². The number of nitrogens with zero attached hydrogens (tertiary/aromatic N) is 1. The van der Waals surface area contributed by atoms with Gasteiger partial charge in [-0.25, -0.2) is 0 Å². The molecule has 1 aromatic heterocycles. The predicted octanol–water partition coefficient (Wildman–Crippen LogP) is 3.37. The number of aromatic hydroxyl groups is 1. The number of rotatable bonds is 2. The van der Waals surface area contributed by atoms with E-state index in [9.17, 15) is 23.1 Å². The number of amides is 1. The van der Waals surface area contributed by atoms with E-state index in [1.54, 1.807) is 13.0 Å². The number of nitrogens with one attached hydrogen (secondary N) is 1. The number of anilines is 1. The fourth-order valence-electron chi connectivity index (χ4n) is 1.63. The summed E-state index contributed by atoms with van der Waals surface area (Å²) >= 11 is 0. The molecule has 0 spiro atoms. The lowest BCUT2D eigenvalue weighted by atomic mass is 10.2. The number of aryl methyl sites for hydroxylation is 1. The Morgan fingerprint density at radius 2 is 1.95 bits per heavy atom. The van der Waals surface area contributed by atoms with Gasteiger partial charge in [0.05, 0.1) is 11.3 Å². The lowest BCUT2D eigenvalue weighted by Gasteiger charge is -2.09. The summed E-state index contributed by atoms with van der Waals surface area (Å²) in [5, 5.41) is 12.0. The molecule has 2 rings (SSSR count). The third kappa shape index (κ3) is 3.50. The van der Waals surface area contributed by atoms with E-state index in [2.05, 4.69) is 10.3 Å². The lowest BCUT2D eigenvalue weighted by molar-refractivity contribution is -0.137. The second kappa shape index (κ2) is 5.43. The highest BCUT2D eigenvalue weighted by molar-refractivity contribution is 6.03. The molecule has 0 atom stereocenters. The van der Waals surface area contributed by atoms with Crippen molar-refractivity contribution in [3.63, 3.8) is 0 Å². The Balaban J connectivity index is 2.17. The maximum Gasteiger partial charge on any atom is 0.417 e. The van der Waals surface area contributed by atoms with E-state index >= 15 is 0 Å². The summed E-state index contributed by atoms with van der Waals surface area (Å²) in [4.78, 5) is 15.3. The van der Waals surface area contributed by atoms with Gasteiger partial charge in [-0.3, -0.25) is 9.78 Å². The number of phenolic OH excluding ortho intramolecular Hbond substituents is 1. The maximum absolute atomic E-state index is 12.4. The summed E-state index contributed by atoms with van der Waals surface area (Å²) in [6.07, 6.45) is -3.92. The third-order valence-electron chi connectivity index (χ3n) is 2.72. The van der Waals surface area contributed by atoms with Crippen molar-refractivity contribution >= 4 is 11.6 Å². The molecule has 0 aliphatic carbocycles. The molecule has 0 bridgehead atoms. The SMILES string of the molecule is Cc1ccc(NC(=O)c2ccc(C(F)(F)F)cn2)c(O)c1. The first-order valence-corrected chi connectivity index (χ1v) is 5.91. The third-order valence-corrected chi connectivity index (χ3v) is 2.72. The Kier molecular flexibility index (Phi) is 3.84. The number of halogens is 3. The average Bonchev–Trinajstić information content (AvgIpc) is 2.41. The van der Waals surface area contributed by atoms with E-state index in [-0.39, 0.29) is 17.1 Å². The Morgan fingerprint density at radius 1 is 1.24 bits per heavy atom. The number of hydrogen-bond acceptors (Lipinski definition) is 3. The van der Waals surface area contributed by atoms with E-state index in [0.29, 0.717) is 6.20 Å². The summed E-state index contributed by atoms with van der Waals surface area (Å²) in [5.41, 5.74) is -0.148. The molecule has 2 aromatic rings. The first-order chi connectivity index (χ1) is 9.77. The van der Waals surface area contributed by atoms with Gasteiger partial charge in [0.2, 0.25) is 0 Å². The molecule has 0 aliphatic rings. The van der Waals surface area contributed by atoms with Crippen LogP contribution in [0.5, 0.6) is 5.75 Å². The maximum atomic E-state index is 12.4. The molecular weight excluding hydrogens is 285 g/mol. The normalized spacial score (nSPS) is 11.2. The number of benzene rings is 1. The Labute approximate surface area is 118 Å². The van der Waals surface area contributed by atoms with Crippen LogP contribution in [0, 0.1) is 6.92 Å². The summed E-state index contributed by atoms with van der Waals surface area (Å²) in [5.74, 6) is -0.835. The van der Waals surface area contributed by atoms with Crippen molar-refractivity contribution in [1.82, 2.24) is 4.98 Å². The number of aromatic nitrogens is 1. The van der Waals surface area contributed by atoms with Gasteiger partial charge >= 0.3 is 6.18 Å². The topological polar surface area (TPSA) is 62.2 Å². The molecule has 0 saturated heterocycles. The molecule has 1 aromatic carbocycles. The molecule has 2 N–H and O–H groups in total. The minimum Gasteiger partial charge on any atom is -0.506 e. The largest absolute Gasteiger partial charge is 0.506 e. The second-order valence-corrected chi connectivity index (χ2v) is 4.40. The van der Waals surface area contributed by atoms with Crippen LogP contribution in [0.3, 0.4) is 0 Å². The van der Waals surface area contributed by atoms with E-state index < -0.39 is 17.6 Å². The van der Waals surface area contributed by atoms with E-state index in [0.717, 1.165) is 17.7 Å². The molecule has 0 unspecified atom stereocenters. The first kappa shape index (κ1) is 14.8. The average molecular weight is 296 g/mol. The lowest BCUT2D eigenvalue weighted by Crippen LogP contribution is -2.15. The van der Waals surface area contributed by atoms with Gasteiger partial charge in [0.15, 0.2) is 0 Å². The van der Waals surface area contributed by atoms with Crippen molar-refractivity contribution in [3.8, 4) is 5.75 Å². The standard InChI is InChI=1S/C14H11F3N2O2/c1-8-2-4-10(12(20)6-8)19-13(21)11-5-3-9(7-18-11)14(15,16)17/h2-7,20H,1H3,(H,19,21). The number of pyridine rings is 1. The number of alkyl halides is 3. The fourth-order valence-corrected chi connectivity index (χ4v) is 1.63. The summed E-state index contributed by atoms with van der Waals surface area (Å²) < 4.78 is 37.2. The molecular formula is C14H11F3N2O2. The van der Waals surface area contributed by atoms with Crippen molar-refractivity contribution in [2.75, 3.05) is 5.32 Å². The van der Waals surface area contributed by atoms with Crippen molar-refractivity contribution < 1.29 is 23.1 Å². The van der Waals surface area contributed by atoms with Crippen LogP contribution >= 0.6 is 0 Å². The van der Waals surface area contributed by atoms with Crippen LogP contribution in [0.1, 0.15) is 21.6 Å². The van der Waals surface area contributed by atoms with Crippen LogP contribution in [0.2, 0.25) is 0 Å². The Bertz CT molecular complexity index is 667. The molecule has 0 aliphatic heterocycles. The molecule has 21 heavy (non-hydrogen) atoms. The van der Waals surface area contributed by atoms with E-state index in [1.165, 1.54) is 12.1 Å². The molecule has 110 valence electrons. The van der Waals surface area contributed by atoms with Crippen molar-refractivity contribution in [2.24, 2.45) is 0 Å². The summed E-state index contributed by atoms with van der Waals surface area (Å²) in [6, 6.07) is 6.37. The van der Waals surface area contributed by atoms with Gasteiger partial charge in [0, 0.05) is 6.20 Å². The van der Waals surface area contributed by atoms with Crippen molar-refractivity contribution in [1.29, 1.82) is 0 Å². The molecule has 1 heterocycles. The molecule has 0 saturated carbocycles. The van der Waals surface area contributed by atoms with Crippen LogP contribution in [-0.4, -0.2) is 16.0 Å². The van der Waals surface area contributed by atoms with Gasteiger partial charge in [-0.05, 0) is 36.8 Å². The smallest absolute Gasteiger partial charge is 0.417 e. The van der Waals surface area contributed by atoms with Crippen LogP contribution in [0.25, 0.3) is 0 Å². The highest BCUT2D eigenvalue weighted by Gasteiger charge is 2.30. The Morgan fingerprint density at radius 3 is 2.48 bits per heavy atom. The van der Waals surface area contributed by atoms with E-state index in [4.69, 9.17) is 0 Å². The number of carbonyl (C=O) groups excluding carboxylic acids is 1.